The van der Waals surface area contributed by atoms with Gasteiger partial charge in [0.25, 0.3) is 0 Å². The van der Waals surface area contributed by atoms with Crippen LogP contribution in [0.5, 0.6) is 5.75 Å². The van der Waals surface area contributed by atoms with Crippen LogP contribution in [0.25, 0.3) is 0 Å². The molecule has 1 aromatic carbocycles. The minimum Gasteiger partial charge on any atom is -0.488 e. The van der Waals surface area contributed by atoms with Gasteiger partial charge in [-0.25, -0.2) is 4.98 Å². The molecule has 0 radical (unpaired) electrons. The van der Waals surface area contributed by atoms with Gasteiger partial charge >= 0.3 is 0 Å². The predicted octanol–water partition coefficient (Wildman–Crippen LogP) is 3.93. The predicted molar refractivity (Wildman–Crippen MR) is 96.7 cm³/mol. The highest BCUT2D eigenvalue weighted by Gasteiger charge is 2.15. The van der Waals surface area contributed by atoms with Crippen LogP contribution >= 0.6 is 11.6 Å². The average molecular weight is 348 g/mol. The van der Waals surface area contributed by atoms with E-state index in [1.165, 1.54) is 12.3 Å². The fourth-order valence-electron chi connectivity index (χ4n) is 2.11. The number of rotatable bonds is 5. The highest BCUT2D eigenvalue weighted by atomic mass is 35.5. The first-order chi connectivity index (χ1) is 11.2. The summed E-state index contributed by atoms with van der Waals surface area (Å²) >= 11 is 6.15. The summed E-state index contributed by atoms with van der Waals surface area (Å²) in [7, 11) is 0. The number of halogens is 1. The second kappa shape index (κ2) is 7.09. The SMILES string of the molecule is Cc1ccc(CNc2ncc(C(N)=O)cc2Cl)c(OC(C)(C)C)c1. The van der Waals surface area contributed by atoms with Gasteiger partial charge in [-0.05, 0) is 45.4 Å². The largest absolute Gasteiger partial charge is 0.488 e. The number of hydrogen-bond acceptors (Lipinski definition) is 4. The molecule has 2 rings (SSSR count). The fourth-order valence-corrected chi connectivity index (χ4v) is 2.35. The Balaban J connectivity index is 2.19. The Hall–Kier alpha value is -2.27. The van der Waals surface area contributed by atoms with Crippen molar-refractivity contribution in [1.29, 1.82) is 0 Å². The van der Waals surface area contributed by atoms with Crippen LogP contribution in [0.4, 0.5) is 5.82 Å². The fraction of sp³-hybridized carbons (Fsp3) is 0.333. The van der Waals surface area contributed by atoms with E-state index in [0.29, 0.717) is 17.4 Å². The van der Waals surface area contributed by atoms with Crippen molar-refractivity contribution in [3.63, 3.8) is 0 Å². The van der Waals surface area contributed by atoms with Crippen LogP contribution in [-0.4, -0.2) is 16.5 Å². The van der Waals surface area contributed by atoms with Crippen molar-refractivity contribution in [2.75, 3.05) is 5.32 Å². The molecule has 0 bridgehead atoms. The minimum atomic E-state index is -0.560. The van der Waals surface area contributed by atoms with E-state index in [4.69, 9.17) is 22.1 Å². The number of primary amides is 1. The maximum absolute atomic E-state index is 11.1. The van der Waals surface area contributed by atoms with Crippen LogP contribution in [0.2, 0.25) is 5.02 Å². The number of aromatic nitrogens is 1. The van der Waals surface area contributed by atoms with E-state index in [9.17, 15) is 4.79 Å². The van der Waals surface area contributed by atoms with Crippen molar-refractivity contribution in [2.45, 2.75) is 39.8 Å². The summed E-state index contributed by atoms with van der Waals surface area (Å²) in [4.78, 5) is 15.3. The summed E-state index contributed by atoms with van der Waals surface area (Å²) in [6, 6.07) is 7.54. The lowest BCUT2D eigenvalue weighted by Gasteiger charge is -2.24. The normalized spacial score (nSPS) is 11.2. The van der Waals surface area contributed by atoms with Gasteiger partial charge in [-0.2, -0.15) is 0 Å². The van der Waals surface area contributed by atoms with Crippen LogP contribution in [0.3, 0.4) is 0 Å². The van der Waals surface area contributed by atoms with E-state index >= 15 is 0 Å². The Morgan fingerprint density at radius 2 is 2.04 bits per heavy atom. The molecule has 0 aliphatic heterocycles. The van der Waals surface area contributed by atoms with Crippen molar-refractivity contribution in [1.82, 2.24) is 4.98 Å². The molecule has 24 heavy (non-hydrogen) atoms. The van der Waals surface area contributed by atoms with Crippen molar-refractivity contribution in [3.05, 3.63) is 52.2 Å². The zero-order valence-electron chi connectivity index (χ0n) is 14.3. The third-order valence-electron chi connectivity index (χ3n) is 3.21. The summed E-state index contributed by atoms with van der Waals surface area (Å²) in [6.45, 7) is 8.54. The van der Waals surface area contributed by atoms with Gasteiger partial charge in [0.05, 0.1) is 10.6 Å². The molecule has 1 amide bonds. The summed E-state index contributed by atoms with van der Waals surface area (Å²) in [5, 5.41) is 3.51. The Labute approximate surface area is 147 Å². The van der Waals surface area contributed by atoms with Gasteiger partial charge in [-0.1, -0.05) is 23.7 Å². The lowest BCUT2D eigenvalue weighted by molar-refractivity contribution is 0.1000. The van der Waals surface area contributed by atoms with Crippen LogP contribution in [0, 0.1) is 6.92 Å². The van der Waals surface area contributed by atoms with Gasteiger partial charge in [-0.15, -0.1) is 0 Å². The first-order valence-corrected chi connectivity index (χ1v) is 8.01. The highest BCUT2D eigenvalue weighted by molar-refractivity contribution is 6.33. The summed E-state index contributed by atoms with van der Waals surface area (Å²) in [5.74, 6) is 0.749. The minimum absolute atomic E-state index is 0.276. The molecule has 1 heterocycles. The first kappa shape index (κ1) is 18.1. The summed E-state index contributed by atoms with van der Waals surface area (Å²) < 4.78 is 6.03. The first-order valence-electron chi connectivity index (χ1n) is 7.63. The molecule has 0 aliphatic carbocycles. The van der Waals surface area contributed by atoms with Gasteiger partial charge < -0.3 is 15.8 Å². The molecule has 6 heteroatoms. The van der Waals surface area contributed by atoms with Crippen molar-refractivity contribution in [2.24, 2.45) is 5.73 Å². The number of aryl methyl sites for hydroxylation is 1. The second-order valence-corrected chi connectivity index (χ2v) is 7.01. The van der Waals surface area contributed by atoms with Gasteiger partial charge in [0.1, 0.15) is 17.2 Å². The molecule has 0 spiro atoms. The topological polar surface area (TPSA) is 77.2 Å². The van der Waals surface area contributed by atoms with E-state index < -0.39 is 5.91 Å². The molecule has 2 aromatic rings. The number of ether oxygens (including phenoxy) is 1. The molecule has 0 atom stereocenters. The standard InChI is InChI=1S/C18H22ClN3O2/c1-11-5-6-12(15(7-11)24-18(2,3)4)9-21-17-14(19)8-13(10-22-17)16(20)23/h5-8,10H,9H2,1-4H3,(H2,20,23)(H,21,22). The average Bonchev–Trinajstić information content (AvgIpc) is 2.45. The van der Waals surface area contributed by atoms with E-state index in [0.717, 1.165) is 16.9 Å². The lowest BCUT2D eigenvalue weighted by Crippen LogP contribution is -2.24. The van der Waals surface area contributed by atoms with Gasteiger partial charge in [0.15, 0.2) is 0 Å². The lowest BCUT2D eigenvalue weighted by atomic mass is 10.1. The zero-order chi connectivity index (χ0) is 17.9. The van der Waals surface area contributed by atoms with Crippen LogP contribution < -0.4 is 15.8 Å². The second-order valence-electron chi connectivity index (χ2n) is 6.60. The molecule has 0 unspecified atom stereocenters. The van der Waals surface area contributed by atoms with Crippen molar-refractivity contribution < 1.29 is 9.53 Å². The molecule has 0 aliphatic rings. The summed E-state index contributed by atoms with van der Waals surface area (Å²) in [6.07, 6.45) is 1.40. The number of pyridine rings is 1. The molecule has 128 valence electrons. The molecule has 0 fully saturated rings. The molecule has 0 saturated heterocycles. The van der Waals surface area contributed by atoms with Crippen molar-refractivity contribution in [3.8, 4) is 5.75 Å². The number of hydrogen-bond donors (Lipinski definition) is 2. The number of carbonyl (C=O) groups excluding carboxylic acids is 1. The summed E-state index contributed by atoms with van der Waals surface area (Å²) in [5.41, 5.74) is 7.32. The number of nitrogens with zero attached hydrogens (tertiary/aromatic N) is 1. The number of carbonyl (C=O) groups is 1. The van der Waals surface area contributed by atoms with Gasteiger partial charge in [0.2, 0.25) is 5.91 Å². The van der Waals surface area contributed by atoms with Crippen LogP contribution in [-0.2, 0) is 6.54 Å². The number of amides is 1. The third-order valence-corrected chi connectivity index (χ3v) is 3.50. The quantitative estimate of drug-likeness (QED) is 0.859. The molecule has 3 N–H and O–H groups in total. The smallest absolute Gasteiger partial charge is 0.250 e. The van der Waals surface area contributed by atoms with Crippen LogP contribution in [0.15, 0.2) is 30.5 Å². The van der Waals surface area contributed by atoms with Crippen molar-refractivity contribution >= 4 is 23.3 Å². The zero-order valence-corrected chi connectivity index (χ0v) is 15.1. The van der Waals surface area contributed by atoms with Gasteiger partial charge in [-0.3, -0.25) is 4.79 Å². The maximum Gasteiger partial charge on any atom is 0.250 e. The number of nitrogens with two attached hydrogens (primary N) is 1. The van der Waals surface area contributed by atoms with E-state index in [-0.39, 0.29) is 11.2 Å². The molecular weight excluding hydrogens is 326 g/mol. The number of benzene rings is 1. The van der Waals surface area contributed by atoms with E-state index in [2.05, 4.69) is 10.3 Å². The van der Waals surface area contributed by atoms with Gasteiger partial charge in [0, 0.05) is 18.3 Å². The Morgan fingerprint density at radius 3 is 2.62 bits per heavy atom. The Morgan fingerprint density at radius 1 is 1.33 bits per heavy atom. The van der Waals surface area contributed by atoms with E-state index in [1.54, 1.807) is 0 Å². The molecule has 1 aromatic heterocycles. The molecule has 0 saturated carbocycles. The molecule has 5 nitrogen and oxygen atoms in total. The van der Waals surface area contributed by atoms with Crippen LogP contribution in [0.1, 0.15) is 42.3 Å². The number of nitrogens with one attached hydrogen (secondary N) is 1. The monoisotopic (exact) mass is 347 g/mol. The third kappa shape index (κ3) is 4.86. The highest BCUT2D eigenvalue weighted by Crippen LogP contribution is 2.27. The number of anilines is 1. The molecular formula is C18H22ClN3O2. The maximum atomic E-state index is 11.1. The Bertz CT molecular complexity index is 754. The Kier molecular flexibility index (Phi) is 5.34. The van der Waals surface area contributed by atoms with E-state index in [1.807, 2.05) is 45.9 Å².